The molecule has 0 bridgehead atoms. The third-order valence-corrected chi connectivity index (χ3v) is 6.68. The lowest BCUT2D eigenvalue weighted by molar-refractivity contribution is -0.129. The van der Waals surface area contributed by atoms with Crippen LogP contribution >= 0.6 is 11.3 Å². The van der Waals surface area contributed by atoms with Gasteiger partial charge in [0.25, 0.3) is 5.91 Å². The molecule has 0 aromatic carbocycles. The van der Waals surface area contributed by atoms with Gasteiger partial charge in [0.1, 0.15) is 10.7 Å². The number of carbonyl (C=O) groups is 2. The summed E-state index contributed by atoms with van der Waals surface area (Å²) < 4.78 is 0. The van der Waals surface area contributed by atoms with E-state index in [-0.39, 0.29) is 17.9 Å². The Hall–Kier alpha value is -2.55. The molecule has 0 saturated carbocycles. The maximum atomic E-state index is 13.2. The summed E-state index contributed by atoms with van der Waals surface area (Å²) in [6, 6.07) is -0.164. The minimum Gasteiger partial charge on any atom is -0.373 e. The van der Waals surface area contributed by atoms with Crippen LogP contribution < -0.4 is 5.32 Å². The second-order valence-corrected chi connectivity index (χ2v) is 8.43. The summed E-state index contributed by atoms with van der Waals surface area (Å²) in [5.74, 6) is 1.53. The quantitative estimate of drug-likeness (QED) is 0.830. The summed E-state index contributed by atoms with van der Waals surface area (Å²) in [4.78, 5) is 43.4. The molecule has 2 aromatic rings. The van der Waals surface area contributed by atoms with Crippen LogP contribution in [0.15, 0.2) is 5.51 Å². The molecule has 2 aliphatic rings. The largest absolute Gasteiger partial charge is 0.373 e. The molecule has 8 nitrogen and oxygen atoms in total. The first-order valence-corrected chi connectivity index (χ1v) is 10.9. The van der Waals surface area contributed by atoms with E-state index in [1.54, 1.807) is 12.4 Å². The third kappa shape index (κ3) is 3.71. The molecule has 0 spiro atoms. The van der Waals surface area contributed by atoms with E-state index in [4.69, 9.17) is 9.97 Å². The fourth-order valence-corrected chi connectivity index (χ4v) is 4.91. The van der Waals surface area contributed by atoms with Gasteiger partial charge in [0.2, 0.25) is 5.91 Å². The third-order valence-electron chi connectivity index (χ3n) is 5.77. The molecule has 9 heteroatoms. The van der Waals surface area contributed by atoms with E-state index in [2.05, 4.69) is 10.3 Å². The van der Waals surface area contributed by atoms with E-state index in [9.17, 15) is 9.59 Å². The molecule has 0 unspecified atom stereocenters. The van der Waals surface area contributed by atoms with Gasteiger partial charge in [-0.1, -0.05) is 0 Å². The van der Waals surface area contributed by atoms with Gasteiger partial charge in [-0.2, -0.15) is 0 Å². The first-order valence-electron chi connectivity index (χ1n) is 10.0. The Balaban J connectivity index is 1.70. The Morgan fingerprint density at radius 1 is 1.24 bits per heavy atom. The number of carbonyl (C=O) groups excluding carboxylic acids is 2. The van der Waals surface area contributed by atoms with E-state index in [0.717, 1.165) is 48.5 Å². The van der Waals surface area contributed by atoms with Crippen molar-refractivity contribution in [2.24, 2.45) is 0 Å². The van der Waals surface area contributed by atoms with Crippen molar-refractivity contribution in [1.29, 1.82) is 0 Å². The van der Waals surface area contributed by atoms with Crippen LogP contribution in [0.25, 0.3) is 0 Å². The lowest BCUT2D eigenvalue weighted by Crippen LogP contribution is -2.40. The van der Waals surface area contributed by atoms with Gasteiger partial charge in [0, 0.05) is 32.6 Å². The monoisotopic (exact) mass is 414 g/mol. The van der Waals surface area contributed by atoms with Crippen molar-refractivity contribution in [2.75, 3.05) is 25.5 Å². The lowest BCUT2D eigenvalue weighted by atomic mass is 9.99. The van der Waals surface area contributed by atoms with E-state index < -0.39 is 0 Å². The van der Waals surface area contributed by atoms with Crippen LogP contribution in [-0.4, -0.2) is 56.7 Å². The Kier molecular flexibility index (Phi) is 5.49. The summed E-state index contributed by atoms with van der Waals surface area (Å²) in [5, 5.41) is 3.19. The molecule has 1 N–H and O–H groups in total. The highest BCUT2D eigenvalue weighted by Gasteiger charge is 2.34. The Bertz CT molecular complexity index is 943. The Morgan fingerprint density at radius 2 is 2.07 bits per heavy atom. The van der Waals surface area contributed by atoms with E-state index in [1.807, 2.05) is 23.8 Å². The lowest BCUT2D eigenvalue weighted by Gasteiger charge is -2.36. The van der Waals surface area contributed by atoms with Gasteiger partial charge in [0.05, 0.1) is 29.5 Å². The zero-order valence-electron chi connectivity index (χ0n) is 17.1. The van der Waals surface area contributed by atoms with Gasteiger partial charge in [-0.25, -0.2) is 15.0 Å². The predicted octanol–water partition coefficient (Wildman–Crippen LogP) is 2.56. The number of piperidine rings is 1. The average molecular weight is 415 g/mol. The van der Waals surface area contributed by atoms with Crippen LogP contribution in [0.1, 0.15) is 64.7 Å². The van der Waals surface area contributed by atoms with Crippen LogP contribution in [0.2, 0.25) is 0 Å². The molecular weight excluding hydrogens is 388 g/mol. The van der Waals surface area contributed by atoms with Crippen LogP contribution in [0.4, 0.5) is 5.82 Å². The maximum absolute atomic E-state index is 13.2. The van der Waals surface area contributed by atoms with Crippen LogP contribution in [0.3, 0.4) is 0 Å². The van der Waals surface area contributed by atoms with E-state index >= 15 is 0 Å². The van der Waals surface area contributed by atoms with E-state index in [0.29, 0.717) is 30.3 Å². The highest BCUT2D eigenvalue weighted by Crippen LogP contribution is 2.34. The fourth-order valence-electron chi connectivity index (χ4n) is 4.15. The van der Waals surface area contributed by atoms with Gasteiger partial charge in [0.15, 0.2) is 5.82 Å². The van der Waals surface area contributed by atoms with Crippen molar-refractivity contribution in [2.45, 2.75) is 52.1 Å². The number of aromatic nitrogens is 3. The van der Waals surface area contributed by atoms with Crippen LogP contribution in [-0.2, 0) is 17.8 Å². The van der Waals surface area contributed by atoms with Crippen molar-refractivity contribution in [3.05, 3.63) is 33.2 Å². The molecular formula is C20H26N6O2S. The van der Waals surface area contributed by atoms with E-state index in [1.165, 1.54) is 11.3 Å². The van der Waals surface area contributed by atoms with Crippen molar-refractivity contribution in [3.63, 3.8) is 0 Å². The number of likely N-dealkylation sites (tertiary alicyclic amines) is 1. The highest BCUT2D eigenvalue weighted by atomic mass is 32.1. The molecule has 1 atom stereocenters. The second kappa shape index (κ2) is 8.06. The van der Waals surface area contributed by atoms with Crippen molar-refractivity contribution in [3.8, 4) is 0 Å². The van der Waals surface area contributed by atoms with Crippen molar-refractivity contribution < 1.29 is 9.59 Å². The van der Waals surface area contributed by atoms with Gasteiger partial charge < -0.3 is 15.1 Å². The minimum absolute atomic E-state index is 0.00684. The summed E-state index contributed by atoms with van der Waals surface area (Å²) in [7, 11) is 1.86. The summed E-state index contributed by atoms with van der Waals surface area (Å²) in [6.45, 7) is 5.32. The maximum Gasteiger partial charge on any atom is 0.266 e. The molecule has 2 amide bonds. The van der Waals surface area contributed by atoms with Crippen LogP contribution in [0, 0.1) is 6.92 Å². The summed E-state index contributed by atoms with van der Waals surface area (Å²) in [6.07, 6.45) is 3.58. The number of aryl methyl sites for hydroxylation is 1. The standard InChI is InChI=1S/C20H26N6O2S/c1-12-17(29-11-22-12)20(28)26-8-5-4-6-16(26)19-23-15-10-25(13(2)27)9-7-14(15)18(21-3)24-19/h11,16H,4-10H2,1-3H3,(H,21,23,24)/t16-/m0/s1. The number of thiazole rings is 1. The molecule has 4 rings (SSSR count). The van der Waals surface area contributed by atoms with Gasteiger partial charge >= 0.3 is 0 Å². The number of hydrogen-bond acceptors (Lipinski definition) is 7. The second-order valence-electron chi connectivity index (χ2n) is 7.57. The summed E-state index contributed by atoms with van der Waals surface area (Å²) >= 11 is 1.38. The zero-order chi connectivity index (χ0) is 20.5. The van der Waals surface area contributed by atoms with Gasteiger partial charge in [-0.3, -0.25) is 9.59 Å². The first kappa shape index (κ1) is 19.8. The fraction of sp³-hybridized carbons (Fsp3) is 0.550. The first-order chi connectivity index (χ1) is 14.0. The molecule has 4 heterocycles. The Morgan fingerprint density at radius 3 is 2.76 bits per heavy atom. The zero-order valence-corrected chi connectivity index (χ0v) is 17.9. The van der Waals surface area contributed by atoms with Crippen molar-refractivity contribution in [1.82, 2.24) is 24.8 Å². The highest BCUT2D eigenvalue weighted by molar-refractivity contribution is 7.11. The minimum atomic E-state index is -0.164. The predicted molar refractivity (Wildman–Crippen MR) is 111 cm³/mol. The molecule has 154 valence electrons. The average Bonchev–Trinajstić information content (AvgIpc) is 3.17. The number of fused-ring (bicyclic) bond motifs is 1. The van der Waals surface area contributed by atoms with Gasteiger partial charge in [-0.15, -0.1) is 11.3 Å². The van der Waals surface area contributed by atoms with Crippen LogP contribution in [0.5, 0.6) is 0 Å². The van der Waals surface area contributed by atoms with Gasteiger partial charge in [-0.05, 0) is 32.6 Å². The number of rotatable bonds is 3. The topological polar surface area (TPSA) is 91.3 Å². The number of nitrogens with one attached hydrogen (secondary N) is 1. The number of amides is 2. The molecule has 0 aliphatic carbocycles. The molecule has 29 heavy (non-hydrogen) atoms. The number of nitrogens with zero attached hydrogens (tertiary/aromatic N) is 5. The molecule has 1 saturated heterocycles. The molecule has 2 aliphatic heterocycles. The number of anilines is 1. The smallest absolute Gasteiger partial charge is 0.266 e. The summed E-state index contributed by atoms with van der Waals surface area (Å²) in [5.41, 5.74) is 4.43. The SMILES string of the molecule is CNc1nc([C@@H]2CCCCN2C(=O)c2scnc2C)nc2c1CCN(C(C)=O)C2. The molecule has 0 radical (unpaired) electrons. The van der Waals surface area contributed by atoms with Crippen molar-refractivity contribution >= 4 is 29.0 Å². The Labute approximate surface area is 174 Å². The normalized spacial score (nSPS) is 19.1. The molecule has 2 aromatic heterocycles. The number of hydrogen-bond donors (Lipinski definition) is 1. The molecule has 1 fully saturated rings.